The summed E-state index contributed by atoms with van der Waals surface area (Å²) in [6.07, 6.45) is 0. The van der Waals surface area contributed by atoms with E-state index in [1.807, 2.05) is 18.2 Å². The first-order valence-electron chi connectivity index (χ1n) is 8.06. The third kappa shape index (κ3) is 2.48. The van der Waals surface area contributed by atoms with Gasteiger partial charge < -0.3 is 5.11 Å². The van der Waals surface area contributed by atoms with Crippen molar-refractivity contribution in [2.45, 2.75) is 20.8 Å². The Morgan fingerprint density at radius 1 is 1.04 bits per heavy atom. The summed E-state index contributed by atoms with van der Waals surface area (Å²) < 4.78 is 4.30. The van der Waals surface area contributed by atoms with Crippen molar-refractivity contribution in [1.29, 1.82) is 0 Å². The van der Waals surface area contributed by atoms with Gasteiger partial charge in [0.25, 0.3) is 11.1 Å². The number of para-hydroxylation sites is 1. The van der Waals surface area contributed by atoms with Gasteiger partial charge in [0.15, 0.2) is 5.78 Å². The highest BCUT2D eigenvalue weighted by atomic mass is 16.3. The van der Waals surface area contributed by atoms with Crippen LogP contribution in [0.4, 0.5) is 0 Å². The van der Waals surface area contributed by atoms with Crippen LogP contribution in [0, 0.1) is 13.8 Å². The van der Waals surface area contributed by atoms with Gasteiger partial charge in [0.1, 0.15) is 17.0 Å². The zero-order valence-corrected chi connectivity index (χ0v) is 15.0. The number of pyridine rings is 1. The summed E-state index contributed by atoms with van der Waals surface area (Å²) >= 11 is 0. The SMILES string of the molecule is CC(=O)c1c(O)cc(C)n(-c2c(C)n(C)n(-c3ccccc3)c2=O)c1=O. The number of hydrogen-bond acceptors (Lipinski definition) is 4. The van der Waals surface area contributed by atoms with Crippen LogP contribution in [-0.2, 0) is 7.05 Å². The molecule has 0 aliphatic carbocycles. The zero-order valence-electron chi connectivity index (χ0n) is 15.0. The molecule has 0 saturated carbocycles. The van der Waals surface area contributed by atoms with Crippen LogP contribution in [-0.4, -0.2) is 24.8 Å². The molecular weight excluding hydrogens is 334 g/mol. The lowest BCUT2D eigenvalue weighted by molar-refractivity contribution is 0.101. The minimum atomic E-state index is -0.707. The van der Waals surface area contributed by atoms with Gasteiger partial charge in [-0.1, -0.05) is 18.2 Å². The number of hydrogen-bond donors (Lipinski definition) is 1. The van der Waals surface area contributed by atoms with Gasteiger partial charge in [-0.15, -0.1) is 0 Å². The van der Waals surface area contributed by atoms with E-state index in [2.05, 4.69) is 0 Å². The van der Waals surface area contributed by atoms with Gasteiger partial charge >= 0.3 is 0 Å². The predicted molar refractivity (Wildman–Crippen MR) is 97.8 cm³/mol. The molecule has 1 aromatic carbocycles. The van der Waals surface area contributed by atoms with Gasteiger partial charge in [0.05, 0.1) is 11.4 Å². The van der Waals surface area contributed by atoms with Gasteiger partial charge in [-0.3, -0.25) is 23.6 Å². The molecule has 26 heavy (non-hydrogen) atoms. The Labute approximate surface area is 149 Å². The first kappa shape index (κ1) is 17.5. The molecule has 2 aromatic heterocycles. The Morgan fingerprint density at radius 3 is 2.23 bits per heavy atom. The summed E-state index contributed by atoms with van der Waals surface area (Å²) in [5.41, 5.74) is 0.312. The molecule has 0 fully saturated rings. The summed E-state index contributed by atoms with van der Waals surface area (Å²) in [5, 5.41) is 9.97. The van der Waals surface area contributed by atoms with Crippen molar-refractivity contribution in [2.75, 3.05) is 0 Å². The minimum Gasteiger partial charge on any atom is -0.507 e. The van der Waals surface area contributed by atoms with Crippen LogP contribution >= 0.6 is 0 Å². The topological polar surface area (TPSA) is 86.2 Å². The highest BCUT2D eigenvalue weighted by Crippen LogP contribution is 2.19. The minimum absolute atomic E-state index is 0.154. The summed E-state index contributed by atoms with van der Waals surface area (Å²) in [5.74, 6) is -0.938. The average molecular weight is 353 g/mol. The standard InChI is InChI=1S/C19H19N3O4/c1-11-10-15(24)16(13(3)23)18(25)21(11)17-12(2)20(4)22(19(17)26)14-8-6-5-7-9-14/h5-10,24H,1-4H3. The molecule has 0 spiro atoms. The summed E-state index contributed by atoms with van der Waals surface area (Å²) in [7, 11) is 1.72. The number of nitrogens with zero attached hydrogens (tertiary/aromatic N) is 3. The third-order valence-electron chi connectivity index (χ3n) is 4.47. The number of benzene rings is 1. The van der Waals surface area contributed by atoms with Crippen molar-refractivity contribution in [3.63, 3.8) is 0 Å². The molecule has 0 atom stereocenters. The molecule has 134 valence electrons. The lowest BCUT2D eigenvalue weighted by Crippen LogP contribution is -2.30. The number of carbonyl (C=O) groups is 1. The van der Waals surface area contributed by atoms with Crippen LogP contribution in [0.1, 0.15) is 28.7 Å². The summed E-state index contributed by atoms with van der Waals surface area (Å²) in [4.78, 5) is 37.7. The molecule has 7 nitrogen and oxygen atoms in total. The van der Waals surface area contributed by atoms with E-state index >= 15 is 0 Å². The number of carbonyl (C=O) groups excluding carboxylic acids is 1. The van der Waals surface area contributed by atoms with Gasteiger partial charge in [-0.05, 0) is 32.9 Å². The first-order valence-corrected chi connectivity index (χ1v) is 8.06. The molecule has 0 radical (unpaired) electrons. The Balaban J connectivity index is 2.42. The first-order chi connectivity index (χ1) is 12.3. The molecule has 0 amide bonds. The molecule has 7 heteroatoms. The van der Waals surface area contributed by atoms with Crippen LogP contribution in [0.15, 0.2) is 46.0 Å². The second-order valence-electron chi connectivity index (χ2n) is 6.15. The molecule has 2 heterocycles. The fourth-order valence-corrected chi connectivity index (χ4v) is 3.14. The fraction of sp³-hybridized carbons (Fsp3) is 0.211. The van der Waals surface area contributed by atoms with Crippen LogP contribution < -0.4 is 11.1 Å². The third-order valence-corrected chi connectivity index (χ3v) is 4.47. The Morgan fingerprint density at radius 2 is 1.65 bits per heavy atom. The van der Waals surface area contributed by atoms with Crippen LogP contribution in [0.3, 0.4) is 0 Å². The molecule has 0 aliphatic heterocycles. The molecule has 0 unspecified atom stereocenters. The molecular formula is C19H19N3O4. The fourth-order valence-electron chi connectivity index (χ4n) is 3.14. The number of aromatic hydroxyl groups is 1. The van der Waals surface area contributed by atoms with Crippen molar-refractivity contribution in [2.24, 2.45) is 7.05 Å². The van der Waals surface area contributed by atoms with E-state index in [0.29, 0.717) is 17.1 Å². The van der Waals surface area contributed by atoms with E-state index in [4.69, 9.17) is 0 Å². The van der Waals surface area contributed by atoms with E-state index < -0.39 is 11.3 Å². The number of ketones is 1. The smallest absolute Gasteiger partial charge is 0.296 e. The van der Waals surface area contributed by atoms with Crippen molar-refractivity contribution in [3.05, 3.63) is 74.1 Å². The quantitative estimate of drug-likeness (QED) is 0.728. The maximum absolute atomic E-state index is 13.1. The second kappa shape index (κ2) is 6.18. The molecule has 0 aliphatic rings. The van der Waals surface area contributed by atoms with E-state index in [0.717, 1.165) is 0 Å². The largest absolute Gasteiger partial charge is 0.507 e. The molecule has 0 bridgehead atoms. The van der Waals surface area contributed by atoms with Crippen molar-refractivity contribution < 1.29 is 9.90 Å². The average Bonchev–Trinajstić information content (AvgIpc) is 2.78. The van der Waals surface area contributed by atoms with Crippen molar-refractivity contribution in [1.82, 2.24) is 13.9 Å². The van der Waals surface area contributed by atoms with Crippen molar-refractivity contribution >= 4 is 5.78 Å². The Hall–Kier alpha value is -3.35. The predicted octanol–water partition coefficient (Wildman–Crippen LogP) is 1.85. The molecule has 3 rings (SSSR count). The van der Waals surface area contributed by atoms with Gasteiger partial charge in [-0.2, -0.15) is 0 Å². The number of aryl methyl sites for hydroxylation is 1. The van der Waals surface area contributed by atoms with Crippen LogP contribution in [0.2, 0.25) is 0 Å². The lowest BCUT2D eigenvalue weighted by Gasteiger charge is -2.11. The summed E-state index contributed by atoms with van der Waals surface area (Å²) in [6, 6.07) is 10.4. The normalized spacial score (nSPS) is 10.9. The highest BCUT2D eigenvalue weighted by molar-refractivity contribution is 5.96. The molecule has 1 N–H and O–H groups in total. The Kier molecular flexibility index (Phi) is 4.15. The Bertz CT molecular complexity index is 1130. The lowest BCUT2D eigenvalue weighted by atomic mass is 10.1. The zero-order chi connectivity index (χ0) is 19.2. The number of rotatable bonds is 3. The maximum Gasteiger partial charge on any atom is 0.296 e. The van der Waals surface area contributed by atoms with E-state index in [-0.39, 0.29) is 22.6 Å². The molecule has 3 aromatic rings. The van der Waals surface area contributed by atoms with Gasteiger partial charge in [-0.25, -0.2) is 4.68 Å². The number of aromatic nitrogens is 3. The van der Waals surface area contributed by atoms with Crippen LogP contribution in [0.25, 0.3) is 11.4 Å². The van der Waals surface area contributed by atoms with Gasteiger partial charge in [0.2, 0.25) is 0 Å². The second-order valence-corrected chi connectivity index (χ2v) is 6.15. The van der Waals surface area contributed by atoms with Crippen molar-refractivity contribution in [3.8, 4) is 17.1 Å². The van der Waals surface area contributed by atoms with E-state index in [9.17, 15) is 19.5 Å². The highest BCUT2D eigenvalue weighted by Gasteiger charge is 2.23. The number of Topliss-reactive ketones (excluding diaryl/α,β-unsaturated/α-hetero) is 1. The summed E-state index contributed by atoms with van der Waals surface area (Å²) in [6.45, 7) is 4.53. The van der Waals surface area contributed by atoms with E-state index in [1.54, 1.807) is 37.7 Å². The maximum atomic E-state index is 13.1. The van der Waals surface area contributed by atoms with E-state index in [1.165, 1.54) is 22.2 Å². The molecule has 0 saturated heterocycles. The monoisotopic (exact) mass is 353 g/mol. The van der Waals surface area contributed by atoms with Gasteiger partial charge in [0, 0.05) is 18.8 Å². The van der Waals surface area contributed by atoms with Crippen LogP contribution in [0.5, 0.6) is 5.75 Å².